The molecule has 3 N–H and O–H groups in total. The van der Waals surface area contributed by atoms with Gasteiger partial charge in [0.25, 0.3) is 0 Å². The summed E-state index contributed by atoms with van der Waals surface area (Å²) in [5.74, 6) is 0. The van der Waals surface area contributed by atoms with Crippen molar-refractivity contribution in [1.29, 1.82) is 0 Å². The summed E-state index contributed by atoms with van der Waals surface area (Å²) in [4.78, 5) is 19.2. The van der Waals surface area contributed by atoms with E-state index in [-0.39, 0.29) is 59.8 Å². The van der Waals surface area contributed by atoms with Crippen LogP contribution in [0.2, 0.25) is 0 Å². The van der Waals surface area contributed by atoms with Crippen molar-refractivity contribution in [2.24, 2.45) is 0 Å². The largest absolute Gasteiger partial charge is 1.00 e. The number of imidazole rings is 3. The molecule has 0 atom stereocenters. The molecule has 0 amide bonds. The van der Waals surface area contributed by atoms with Crippen LogP contribution in [-0.4, -0.2) is 38.3 Å². The smallest absolute Gasteiger partial charge is 0.351 e. The summed E-state index contributed by atoms with van der Waals surface area (Å²) < 4.78 is 0. The molecule has 0 aliphatic carbocycles. The maximum atomic E-state index is 3.67. The molecule has 0 aromatic carbocycles. The van der Waals surface area contributed by atoms with Crippen molar-refractivity contribution in [2.45, 2.75) is 0 Å². The molecule has 3 aromatic rings. The van der Waals surface area contributed by atoms with Crippen LogP contribution in [0.25, 0.3) is 0 Å². The van der Waals surface area contributed by atoms with Crippen molar-refractivity contribution in [3.8, 4) is 0 Å². The van der Waals surface area contributed by atoms with E-state index in [0.29, 0.717) is 0 Å². The van der Waals surface area contributed by atoms with Gasteiger partial charge in [0.05, 0.1) is 19.0 Å². The fraction of sp³-hybridized carbons (Fsp3) is 0. The van der Waals surface area contributed by atoms with Gasteiger partial charge in [-0.1, -0.05) is 8.41 Å². The van der Waals surface area contributed by atoms with Crippen molar-refractivity contribution >= 4 is 8.41 Å². The minimum absolute atomic E-state index is 0. The van der Waals surface area contributed by atoms with E-state index >= 15 is 0 Å². The van der Waals surface area contributed by atoms with Gasteiger partial charge in [-0.15, -0.1) is 0 Å². The Bertz CT molecular complexity index is 257. The molecule has 86 valence electrons. The third kappa shape index (κ3) is 13.3. The molecule has 0 fully saturated rings. The molecule has 3 aromatic heterocycles. The zero-order valence-electron chi connectivity index (χ0n) is 9.04. The summed E-state index contributed by atoms with van der Waals surface area (Å²) in [6, 6.07) is 0. The Kier molecular flexibility index (Phi) is 16.9. The summed E-state index contributed by atoms with van der Waals surface area (Å²) >= 11 is 0. The Morgan fingerprint density at radius 3 is 0.941 bits per heavy atom. The molecule has 0 saturated heterocycles. The predicted molar refractivity (Wildman–Crippen MR) is 67.1 cm³/mol. The van der Waals surface area contributed by atoms with E-state index in [1.165, 1.54) is 0 Å². The van der Waals surface area contributed by atoms with Gasteiger partial charge in [0.15, 0.2) is 0 Å². The summed E-state index contributed by atoms with van der Waals surface area (Å²) in [7, 11) is 0. The zero-order chi connectivity index (χ0) is 10.6. The number of hydrogen-bond donors (Lipinski definition) is 3. The quantitative estimate of drug-likeness (QED) is 0.371. The Morgan fingerprint density at radius 1 is 0.588 bits per heavy atom. The number of nitrogens with one attached hydrogen (secondary N) is 3. The van der Waals surface area contributed by atoms with Crippen LogP contribution in [0.3, 0.4) is 0 Å². The molecule has 6 nitrogen and oxygen atoms in total. The van der Waals surface area contributed by atoms with Crippen molar-refractivity contribution in [3.05, 3.63) is 56.2 Å². The summed E-state index contributed by atoms with van der Waals surface area (Å²) in [6.07, 6.45) is 15.2. The normalized spacial score (nSPS) is 7.06. The molecule has 3 heterocycles. The first-order valence-corrected chi connectivity index (χ1v) is 4.28. The summed E-state index contributed by atoms with van der Waals surface area (Å²) in [6.45, 7) is 0. The second kappa shape index (κ2) is 15.3. The van der Waals surface area contributed by atoms with Gasteiger partial charge < -0.3 is 15.0 Å². The van der Waals surface area contributed by atoms with E-state index < -0.39 is 0 Å². The molecule has 17 heavy (non-hydrogen) atoms. The van der Waals surface area contributed by atoms with E-state index in [2.05, 4.69) is 29.9 Å². The van der Waals surface area contributed by atoms with Crippen LogP contribution in [0.1, 0.15) is 0 Å². The van der Waals surface area contributed by atoms with E-state index in [0.717, 1.165) is 0 Å². The average Bonchev–Trinajstić information content (AvgIpc) is 3.09. The molecule has 0 spiro atoms. The van der Waals surface area contributed by atoms with E-state index in [9.17, 15) is 0 Å². The van der Waals surface area contributed by atoms with Gasteiger partial charge in [0, 0.05) is 37.2 Å². The molecule has 0 aliphatic heterocycles. The molecular weight excluding hydrogens is 242 g/mol. The van der Waals surface area contributed by atoms with Crippen LogP contribution in [-0.2, 0) is 0 Å². The molecule has 0 saturated carbocycles. The monoisotopic (exact) mass is 258 g/mol. The molecule has 0 bridgehead atoms. The molecule has 0 aliphatic rings. The second-order valence-electron chi connectivity index (χ2n) is 2.28. The molecule has 8 heteroatoms. The van der Waals surface area contributed by atoms with Crippen molar-refractivity contribution in [3.63, 3.8) is 0 Å². The van der Waals surface area contributed by atoms with Crippen LogP contribution < -0.4 is 51.4 Å². The third-order valence-corrected chi connectivity index (χ3v) is 1.22. The van der Waals surface area contributed by atoms with Gasteiger partial charge >= 0.3 is 51.4 Å². The minimum atomic E-state index is 0. The molecule has 0 unspecified atom stereocenters. The number of nitrogens with zero attached hydrogens (tertiary/aromatic N) is 3. The van der Waals surface area contributed by atoms with Crippen LogP contribution in [0.15, 0.2) is 56.2 Å². The van der Waals surface area contributed by atoms with Crippen LogP contribution in [0, 0.1) is 0 Å². The van der Waals surface area contributed by atoms with Gasteiger partial charge in [-0.05, 0) is 0 Å². The first-order valence-electron chi connectivity index (χ1n) is 4.28. The maximum absolute atomic E-state index is 3.67. The van der Waals surface area contributed by atoms with Crippen molar-refractivity contribution < 1.29 is 51.4 Å². The first kappa shape index (κ1) is 18.7. The molecule has 0 radical (unpaired) electrons. The minimum Gasteiger partial charge on any atom is -0.351 e. The van der Waals surface area contributed by atoms with Crippen LogP contribution >= 0.6 is 0 Å². The van der Waals surface area contributed by atoms with Gasteiger partial charge in [0.1, 0.15) is 0 Å². The number of aromatic nitrogens is 6. The molecule has 3 rings (SSSR count). The van der Waals surface area contributed by atoms with Crippen molar-refractivity contribution in [2.75, 3.05) is 0 Å². The number of rotatable bonds is 0. The molecular formula is C9H16BKN6. The van der Waals surface area contributed by atoms with Crippen LogP contribution in [0.5, 0.6) is 0 Å². The summed E-state index contributed by atoms with van der Waals surface area (Å²) in [5.41, 5.74) is 0. The Morgan fingerprint density at radius 2 is 0.882 bits per heavy atom. The van der Waals surface area contributed by atoms with Gasteiger partial charge in [0.2, 0.25) is 0 Å². The SMILES string of the molecule is [BH4-].[K+].c1c[nH]cn1.c1c[nH]cn1.c1c[nH]cn1. The van der Waals surface area contributed by atoms with E-state index in [4.69, 9.17) is 0 Å². The number of hydrogen-bond acceptors (Lipinski definition) is 3. The van der Waals surface area contributed by atoms with E-state index in [1.54, 1.807) is 56.2 Å². The fourth-order valence-electron chi connectivity index (χ4n) is 0.645. The third-order valence-electron chi connectivity index (χ3n) is 1.22. The van der Waals surface area contributed by atoms with Crippen molar-refractivity contribution in [1.82, 2.24) is 29.9 Å². The Labute approximate surface area is 144 Å². The predicted octanol–water partition coefficient (Wildman–Crippen LogP) is -3.22. The zero-order valence-corrected chi connectivity index (χ0v) is 12.2. The fourth-order valence-corrected chi connectivity index (χ4v) is 0.645. The number of H-pyrrole nitrogens is 3. The van der Waals surface area contributed by atoms with Gasteiger partial charge in [-0.2, -0.15) is 0 Å². The first-order chi connectivity index (χ1) is 7.50. The Balaban J connectivity index is 0. The Hall–Kier alpha value is -0.669. The maximum Gasteiger partial charge on any atom is 1.00 e. The van der Waals surface area contributed by atoms with Gasteiger partial charge in [-0.3, -0.25) is 0 Å². The summed E-state index contributed by atoms with van der Waals surface area (Å²) in [5, 5.41) is 0. The number of aromatic amines is 3. The standard InChI is InChI=1S/3C3H4N2.BH4.K/c3*1-2-5-3-4-1;;/h3*1-3H,(H,4,5);1H4;/q;;;-1;+1. The average molecular weight is 258 g/mol. The van der Waals surface area contributed by atoms with E-state index in [1.807, 2.05) is 0 Å². The second-order valence-corrected chi connectivity index (χ2v) is 2.28. The van der Waals surface area contributed by atoms with Gasteiger partial charge in [-0.25, -0.2) is 15.0 Å². The topological polar surface area (TPSA) is 86.0 Å². The van der Waals surface area contributed by atoms with Crippen LogP contribution in [0.4, 0.5) is 0 Å².